The van der Waals surface area contributed by atoms with Crippen molar-refractivity contribution < 1.29 is 18.8 Å². The second-order valence-corrected chi connectivity index (χ2v) is 6.88. The smallest absolute Gasteiger partial charge is 0.238 e. The number of carbonyl (C=O) groups is 3. The summed E-state index contributed by atoms with van der Waals surface area (Å²) < 4.78 is 5.56. The molecule has 0 N–H and O–H groups in total. The van der Waals surface area contributed by atoms with Gasteiger partial charge in [-0.15, -0.1) is 0 Å². The molecule has 1 fully saturated rings. The fraction of sp³-hybridized carbons (Fsp3) is 0.190. The number of allylic oxidation sites excluding steroid dienone is 4. The molecule has 0 aliphatic heterocycles. The normalized spacial score (nSPS) is 25.8. The molecule has 0 amide bonds. The second-order valence-electron chi connectivity index (χ2n) is 6.88. The highest BCUT2D eigenvalue weighted by Gasteiger charge is 2.45. The van der Waals surface area contributed by atoms with Crippen LogP contribution in [0.4, 0.5) is 0 Å². The van der Waals surface area contributed by atoms with E-state index in [1.807, 2.05) is 12.2 Å². The first kappa shape index (κ1) is 14.3. The lowest BCUT2D eigenvalue weighted by molar-refractivity contribution is 0.0813. The van der Waals surface area contributed by atoms with Gasteiger partial charge in [0.05, 0.1) is 11.1 Å². The number of Topliss-reactive ketones (excluding diaryl/α,β-unsaturated/α-hetero) is 3. The Morgan fingerprint density at radius 2 is 1.80 bits per heavy atom. The Hall–Kier alpha value is -3.01. The van der Waals surface area contributed by atoms with Gasteiger partial charge in [-0.1, -0.05) is 49.4 Å². The second kappa shape index (κ2) is 4.76. The van der Waals surface area contributed by atoms with Crippen LogP contribution in [-0.2, 0) is 0 Å². The number of carbonyl (C=O) groups excluding carboxylic acids is 3. The Bertz CT molecular complexity index is 1030. The fourth-order valence-electron chi connectivity index (χ4n) is 3.94. The standard InChI is InChI=1S/C21H14O4/c1-10-12-7-6-11(8-15(10)12)18(22)16-9-25-21-14-5-3-2-4-13(14)19(23)20(24)17(16)21/h2-10,12,15H,1H3. The van der Waals surface area contributed by atoms with Crippen LogP contribution in [0.15, 0.2) is 58.7 Å². The molecule has 0 saturated heterocycles. The molecule has 0 bridgehead atoms. The number of hydrogen-bond acceptors (Lipinski definition) is 4. The van der Waals surface area contributed by atoms with Crippen LogP contribution in [0, 0.1) is 17.8 Å². The van der Waals surface area contributed by atoms with Crippen molar-refractivity contribution in [2.24, 2.45) is 17.8 Å². The van der Waals surface area contributed by atoms with E-state index >= 15 is 0 Å². The van der Waals surface area contributed by atoms with Crippen LogP contribution in [0.3, 0.4) is 0 Å². The Morgan fingerprint density at radius 1 is 1.04 bits per heavy atom. The van der Waals surface area contributed by atoms with Crippen LogP contribution in [0.2, 0.25) is 0 Å². The highest BCUT2D eigenvalue weighted by atomic mass is 16.3. The Kier molecular flexibility index (Phi) is 2.73. The molecule has 3 atom stereocenters. The average Bonchev–Trinajstić information content (AvgIpc) is 3.08. The molecule has 3 unspecified atom stereocenters. The van der Waals surface area contributed by atoms with Gasteiger partial charge >= 0.3 is 0 Å². The van der Waals surface area contributed by atoms with Crippen LogP contribution < -0.4 is 0 Å². The monoisotopic (exact) mass is 330 g/mol. The van der Waals surface area contributed by atoms with Crippen molar-refractivity contribution in [3.8, 4) is 11.3 Å². The number of fused-ring (bicyclic) bond motifs is 4. The zero-order valence-electron chi connectivity index (χ0n) is 13.5. The molecule has 4 heteroatoms. The third-order valence-electron chi connectivity index (χ3n) is 5.54. The molecule has 0 radical (unpaired) electrons. The molecular formula is C21H14O4. The average molecular weight is 330 g/mol. The number of furan rings is 1. The van der Waals surface area contributed by atoms with Crippen LogP contribution in [0.1, 0.15) is 38.0 Å². The summed E-state index contributed by atoms with van der Waals surface area (Å²) in [6.45, 7) is 2.16. The van der Waals surface area contributed by atoms with E-state index in [1.54, 1.807) is 24.3 Å². The molecule has 25 heavy (non-hydrogen) atoms. The van der Waals surface area contributed by atoms with E-state index in [4.69, 9.17) is 4.42 Å². The number of benzene rings is 1. The number of ketones is 3. The van der Waals surface area contributed by atoms with Crippen LogP contribution in [-0.4, -0.2) is 17.3 Å². The summed E-state index contributed by atoms with van der Waals surface area (Å²) in [4.78, 5) is 37.9. The van der Waals surface area contributed by atoms with Gasteiger partial charge in [0.25, 0.3) is 0 Å². The SMILES string of the molecule is CC1C2C=CC(C(=O)c3coc4c3C(=O)C(=O)c3ccccc3-4)=CC12. The first-order chi connectivity index (χ1) is 12.1. The minimum atomic E-state index is -0.677. The Labute approximate surface area is 143 Å². The van der Waals surface area contributed by atoms with Gasteiger partial charge in [-0.05, 0) is 17.8 Å². The zero-order chi connectivity index (χ0) is 17.3. The van der Waals surface area contributed by atoms with Crippen LogP contribution >= 0.6 is 0 Å². The summed E-state index contributed by atoms with van der Waals surface area (Å²) in [6, 6.07) is 6.81. The summed E-state index contributed by atoms with van der Waals surface area (Å²) >= 11 is 0. The minimum Gasteiger partial charge on any atom is -0.463 e. The van der Waals surface area contributed by atoms with Gasteiger partial charge in [-0.25, -0.2) is 0 Å². The highest BCUT2D eigenvalue weighted by molar-refractivity contribution is 6.53. The molecule has 1 aromatic heterocycles. The highest BCUT2D eigenvalue weighted by Crippen LogP contribution is 2.51. The largest absolute Gasteiger partial charge is 0.463 e. The van der Waals surface area contributed by atoms with E-state index in [0.29, 0.717) is 40.2 Å². The molecule has 1 saturated carbocycles. The Balaban J connectivity index is 1.63. The quantitative estimate of drug-likeness (QED) is 0.619. The van der Waals surface area contributed by atoms with Crippen molar-refractivity contribution in [3.63, 3.8) is 0 Å². The molecule has 5 rings (SSSR count). The number of rotatable bonds is 2. The van der Waals surface area contributed by atoms with Crippen molar-refractivity contribution in [2.45, 2.75) is 6.92 Å². The zero-order valence-corrected chi connectivity index (χ0v) is 13.5. The first-order valence-corrected chi connectivity index (χ1v) is 8.32. The van der Waals surface area contributed by atoms with Crippen LogP contribution in [0.25, 0.3) is 11.3 Å². The van der Waals surface area contributed by atoms with E-state index in [2.05, 4.69) is 13.0 Å². The molecule has 2 aromatic rings. The molecular weight excluding hydrogens is 316 g/mol. The lowest BCUT2D eigenvalue weighted by Gasteiger charge is -2.13. The van der Waals surface area contributed by atoms with E-state index in [9.17, 15) is 14.4 Å². The molecule has 3 aliphatic rings. The summed E-state index contributed by atoms with van der Waals surface area (Å²) in [5, 5.41) is 0. The van der Waals surface area contributed by atoms with Gasteiger partial charge in [0, 0.05) is 16.7 Å². The topological polar surface area (TPSA) is 64.3 Å². The Morgan fingerprint density at radius 3 is 2.56 bits per heavy atom. The molecule has 122 valence electrons. The molecule has 1 heterocycles. The van der Waals surface area contributed by atoms with Crippen molar-refractivity contribution in [1.82, 2.24) is 0 Å². The summed E-state index contributed by atoms with van der Waals surface area (Å²) in [6.07, 6.45) is 7.14. The predicted octanol–water partition coefficient (Wildman–Crippen LogP) is 3.89. The van der Waals surface area contributed by atoms with Crippen molar-refractivity contribution in [2.75, 3.05) is 0 Å². The number of hydrogen-bond donors (Lipinski definition) is 0. The summed E-state index contributed by atoms with van der Waals surface area (Å²) in [5.74, 6) is 0.233. The van der Waals surface area contributed by atoms with Gasteiger partial charge in [-0.3, -0.25) is 14.4 Å². The van der Waals surface area contributed by atoms with E-state index in [0.717, 1.165) is 0 Å². The third kappa shape index (κ3) is 1.85. The summed E-state index contributed by atoms with van der Waals surface area (Å²) in [7, 11) is 0. The minimum absolute atomic E-state index is 0.0916. The third-order valence-corrected chi connectivity index (χ3v) is 5.54. The van der Waals surface area contributed by atoms with Gasteiger partial charge in [0.1, 0.15) is 12.0 Å². The first-order valence-electron chi connectivity index (χ1n) is 8.32. The van der Waals surface area contributed by atoms with E-state index in [1.165, 1.54) is 6.26 Å². The van der Waals surface area contributed by atoms with Crippen molar-refractivity contribution >= 4 is 17.3 Å². The fourth-order valence-corrected chi connectivity index (χ4v) is 3.94. The van der Waals surface area contributed by atoms with Gasteiger partial charge < -0.3 is 4.42 Å². The van der Waals surface area contributed by atoms with Gasteiger partial charge in [-0.2, -0.15) is 0 Å². The molecule has 1 aromatic carbocycles. The van der Waals surface area contributed by atoms with Gasteiger partial charge in [0.15, 0.2) is 5.78 Å². The van der Waals surface area contributed by atoms with Crippen molar-refractivity contribution in [3.05, 3.63) is 71.0 Å². The lowest BCUT2D eigenvalue weighted by atomic mass is 9.85. The molecule has 0 spiro atoms. The predicted molar refractivity (Wildman–Crippen MR) is 90.5 cm³/mol. The maximum atomic E-state index is 12.9. The van der Waals surface area contributed by atoms with Crippen molar-refractivity contribution in [1.29, 1.82) is 0 Å². The molecule has 3 aliphatic carbocycles. The maximum absolute atomic E-state index is 12.9. The molecule has 4 nitrogen and oxygen atoms in total. The van der Waals surface area contributed by atoms with E-state index in [-0.39, 0.29) is 16.9 Å². The van der Waals surface area contributed by atoms with Crippen LogP contribution in [0.5, 0.6) is 0 Å². The van der Waals surface area contributed by atoms with E-state index < -0.39 is 11.6 Å². The maximum Gasteiger partial charge on any atom is 0.238 e. The summed E-state index contributed by atoms with van der Waals surface area (Å²) in [5.41, 5.74) is 1.71. The van der Waals surface area contributed by atoms with Gasteiger partial charge in [0.2, 0.25) is 11.6 Å². The lowest BCUT2D eigenvalue weighted by Crippen LogP contribution is -2.22.